The van der Waals surface area contributed by atoms with E-state index in [0.717, 1.165) is 6.07 Å². The summed E-state index contributed by atoms with van der Waals surface area (Å²) in [4.78, 5) is 10.8. The van der Waals surface area contributed by atoms with Crippen molar-refractivity contribution in [3.63, 3.8) is 0 Å². The van der Waals surface area contributed by atoms with Crippen molar-refractivity contribution in [3.05, 3.63) is 34.1 Å². The Morgan fingerprint density at radius 3 is 2.67 bits per heavy atom. The van der Waals surface area contributed by atoms with Crippen molar-refractivity contribution in [2.24, 2.45) is 0 Å². The smallest absolute Gasteiger partial charge is 0.197 e. The van der Waals surface area contributed by atoms with Gasteiger partial charge in [0, 0.05) is 4.47 Å². The molecule has 0 spiro atoms. The maximum Gasteiger partial charge on any atom is 0.197 e. The molecule has 12 heavy (non-hydrogen) atoms. The summed E-state index contributed by atoms with van der Waals surface area (Å²) in [6.07, 6.45) is 0. The Kier molecular flexibility index (Phi) is 2.92. The van der Waals surface area contributed by atoms with Gasteiger partial charge in [-0.25, -0.2) is 8.78 Å². The van der Waals surface area contributed by atoms with E-state index >= 15 is 0 Å². The Labute approximate surface area is 76.5 Å². The first-order chi connectivity index (χ1) is 5.66. The Hall–Kier alpha value is -0.770. The molecule has 1 rings (SSSR count). The number of carbonyl (C=O) groups excluding carboxylic acids is 1. The lowest BCUT2D eigenvalue weighted by atomic mass is 10.1. The van der Waals surface area contributed by atoms with E-state index in [1.54, 1.807) is 0 Å². The zero-order valence-electron chi connectivity index (χ0n) is 5.98. The van der Waals surface area contributed by atoms with E-state index in [-0.39, 0.29) is 10.0 Å². The lowest BCUT2D eigenvalue weighted by molar-refractivity contribution is 0.0954. The van der Waals surface area contributed by atoms with Gasteiger partial charge in [-0.15, -0.1) is 0 Å². The minimum atomic E-state index is -1.18. The summed E-state index contributed by atoms with van der Waals surface area (Å²) in [5, 5.41) is 0. The van der Waals surface area contributed by atoms with Gasteiger partial charge in [0.1, 0.15) is 5.82 Å². The van der Waals surface area contributed by atoms with Crippen LogP contribution in [0.15, 0.2) is 22.7 Å². The van der Waals surface area contributed by atoms with Gasteiger partial charge >= 0.3 is 0 Å². The van der Waals surface area contributed by atoms with Crippen LogP contribution in [0.4, 0.5) is 8.78 Å². The fraction of sp³-hybridized carbons (Fsp3) is 0.125. The van der Waals surface area contributed by atoms with Gasteiger partial charge in [-0.05, 0) is 28.1 Å². The second kappa shape index (κ2) is 3.76. The number of hydrogen-bond acceptors (Lipinski definition) is 1. The van der Waals surface area contributed by atoms with Crippen LogP contribution in [-0.4, -0.2) is 12.5 Å². The first-order valence-corrected chi connectivity index (χ1v) is 3.99. The summed E-state index contributed by atoms with van der Waals surface area (Å²) in [6.45, 7) is -1.18. The molecule has 0 saturated carbocycles. The second-order valence-corrected chi connectivity index (χ2v) is 3.01. The molecule has 0 amide bonds. The molecular formula is C8H5BrF2O. The van der Waals surface area contributed by atoms with Crippen molar-refractivity contribution >= 4 is 21.7 Å². The highest BCUT2D eigenvalue weighted by atomic mass is 79.9. The maximum absolute atomic E-state index is 12.9. The molecule has 0 atom stereocenters. The van der Waals surface area contributed by atoms with Gasteiger partial charge in [-0.2, -0.15) is 0 Å². The topological polar surface area (TPSA) is 17.1 Å². The van der Waals surface area contributed by atoms with Crippen LogP contribution in [0, 0.1) is 5.82 Å². The monoisotopic (exact) mass is 234 g/mol. The maximum atomic E-state index is 12.9. The van der Waals surface area contributed by atoms with Gasteiger partial charge in [-0.3, -0.25) is 4.79 Å². The molecule has 0 aromatic heterocycles. The Balaban J connectivity index is 3.21. The summed E-state index contributed by atoms with van der Waals surface area (Å²) in [5.41, 5.74) is -0.222. The van der Waals surface area contributed by atoms with E-state index in [2.05, 4.69) is 15.9 Å². The van der Waals surface area contributed by atoms with Crippen LogP contribution in [0.1, 0.15) is 10.4 Å². The average Bonchev–Trinajstić information content (AvgIpc) is 2.03. The zero-order chi connectivity index (χ0) is 9.14. The zero-order valence-corrected chi connectivity index (χ0v) is 7.57. The highest BCUT2D eigenvalue weighted by Crippen LogP contribution is 2.19. The number of hydrogen-bond donors (Lipinski definition) is 0. The van der Waals surface area contributed by atoms with Crippen molar-refractivity contribution in [2.75, 3.05) is 6.67 Å². The Bertz CT molecular complexity index is 292. The van der Waals surface area contributed by atoms with E-state index in [0.29, 0.717) is 0 Å². The molecular weight excluding hydrogens is 230 g/mol. The van der Waals surface area contributed by atoms with Crippen LogP contribution < -0.4 is 0 Å². The van der Waals surface area contributed by atoms with Crippen LogP contribution in [0.25, 0.3) is 0 Å². The van der Waals surface area contributed by atoms with Gasteiger partial charge in [0.05, 0.1) is 5.56 Å². The standard InChI is InChI=1S/C8H5BrF2O/c9-5-2-1-3-6(11)8(5)7(12)4-10/h1-3H,4H2. The van der Waals surface area contributed by atoms with Crippen molar-refractivity contribution in [2.45, 2.75) is 0 Å². The fourth-order valence-corrected chi connectivity index (χ4v) is 1.39. The van der Waals surface area contributed by atoms with Crippen molar-refractivity contribution in [1.29, 1.82) is 0 Å². The minimum Gasteiger partial charge on any atom is -0.291 e. The predicted molar refractivity (Wildman–Crippen MR) is 44.4 cm³/mol. The number of rotatable bonds is 2. The third-order valence-corrected chi connectivity index (χ3v) is 2.02. The van der Waals surface area contributed by atoms with E-state index in [1.807, 2.05) is 0 Å². The molecule has 64 valence electrons. The molecule has 1 aromatic rings. The molecule has 0 radical (unpaired) electrons. The third-order valence-electron chi connectivity index (χ3n) is 1.36. The lowest BCUT2D eigenvalue weighted by Gasteiger charge is -2.00. The van der Waals surface area contributed by atoms with E-state index in [4.69, 9.17) is 0 Å². The summed E-state index contributed by atoms with van der Waals surface area (Å²) in [5.74, 6) is -1.55. The molecule has 0 heterocycles. The molecule has 4 heteroatoms. The van der Waals surface area contributed by atoms with Crippen LogP contribution in [0.3, 0.4) is 0 Å². The van der Waals surface area contributed by atoms with Crippen LogP contribution in [-0.2, 0) is 0 Å². The third kappa shape index (κ3) is 1.69. The number of alkyl halides is 1. The summed E-state index contributed by atoms with van der Waals surface area (Å²) < 4.78 is 25.0. The molecule has 0 saturated heterocycles. The second-order valence-electron chi connectivity index (χ2n) is 2.15. The summed E-state index contributed by atoms with van der Waals surface area (Å²) in [6, 6.07) is 4.05. The van der Waals surface area contributed by atoms with Crippen molar-refractivity contribution < 1.29 is 13.6 Å². The molecule has 0 bridgehead atoms. The normalized spacial score (nSPS) is 9.92. The quantitative estimate of drug-likeness (QED) is 0.720. The fourth-order valence-electron chi connectivity index (χ4n) is 0.831. The molecule has 0 aliphatic carbocycles. The first-order valence-electron chi connectivity index (χ1n) is 3.20. The van der Waals surface area contributed by atoms with Crippen LogP contribution in [0.2, 0.25) is 0 Å². The Morgan fingerprint density at radius 1 is 1.50 bits per heavy atom. The van der Waals surface area contributed by atoms with Gasteiger partial charge in [0.15, 0.2) is 12.5 Å². The summed E-state index contributed by atoms with van der Waals surface area (Å²) in [7, 11) is 0. The number of Topliss-reactive ketones (excluding diaryl/α,β-unsaturated/α-hetero) is 1. The van der Waals surface area contributed by atoms with Gasteiger partial charge in [0.2, 0.25) is 0 Å². The molecule has 1 nitrogen and oxygen atoms in total. The molecule has 0 fully saturated rings. The van der Waals surface area contributed by atoms with Gasteiger partial charge in [-0.1, -0.05) is 6.07 Å². The molecule has 0 unspecified atom stereocenters. The van der Waals surface area contributed by atoms with E-state index < -0.39 is 18.3 Å². The SMILES string of the molecule is O=C(CF)c1c(F)cccc1Br. The number of halogens is 3. The highest BCUT2D eigenvalue weighted by Gasteiger charge is 2.14. The predicted octanol–water partition coefficient (Wildman–Crippen LogP) is 2.74. The van der Waals surface area contributed by atoms with E-state index in [9.17, 15) is 13.6 Å². The van der Waals surface area contributed by atoms with Gasteiger partial charge < -0.3 is 0 Å². The highest BCUT2D eigenvalue weighted by molar-refractivity contribution is 9.10. The van der Waals surface area contributed by atoms with Crippen molar-refractivity contribution in [3.8, 4) is 0 Å². The molecule has 0 N–H and O–H groups in total. The number of benzene rings is 1. The number of carbonyl (C=O) groups is 1. The molecule has 0 aliphatic rings. The average molecular weight is 235 g/mol. The molecule has 0 aliphatic heterocycles. The Morgan fingerprint density at radius 2 is 2.17 bits per heavy atom. The van der Waals surface area contributed by atoms with Crippen molar-refractivity contribution in [1.82, 2.24) is 0 Å². The molecule has 1 aromatic carbocycles. The van der Waals surface area contributed by atoms with Crippen LogP contribution >= 0.6 is 15.9 Å². The minimum absolute atomic E-state index is 0.222. The number of ketones is 1. The first kappa shape index (κ1) is 9.32. The lowest BCUT2D eigenvalue weighted by Crippen LogP contribution is -2.05. The summed E-state index contributed by atoms with van der Waals surface area (Å²) >= 11 is 2.96. The van der Waals surface area contributed by atoms with Crippen LogP contribution in [0.5, 0.6) is 0 Å². The van der Waals surface area contributed by atoms with Gasteiger partial charge in [0.25, 0.3) is 0 Å². The van der Waals surface area contributed by atoms with E-state index in [1.165, 1.54) is 12.1 Å². The largest absolute Gasteiger partial charge is 0.291 e.